The van der Waals surface area contributed by atoms with Crippen molar-refractivity contribution < 1.29 is 23.9 Å². The van der Waals surface area contributed by atoms with Crippen LogP contribution >= 0.6 is 23.2 Å². The highest BCUT2D eigenvalue weighted by atomic mass is 35.5. The number of alkyl halides is 1. The Bertz CT molecular complexity index is 1090. The number of rotatable bonds is 8. The van der Waals surface area contributed by atoms with Crippen LogP contribution in [0.3, 0.4) is 0 Å². The molecule has 3 rings (SSSR count). The van der Waals surface area contributed by atoms with Gasteiger partial charge in [-0.25, -0.2) is 0 Å². The molecule has 1 aliphatic rings. The van der Waals surface area contributed by atoms with Crippen molar-refractivity contribution in [3.8, 4) is 0 Å². The molecule has 0 unspecified atom stereocenters. The quantitative estimate of drug-likeness (QED) is 0.314. The zero-order valence-electron chi connectivity index (χ0n) is 19.8. The highest BCUT2D eigenvalue weighted by Crippen LogP contribution is 2.23. The lowest BCUT2D eigenvalue weighted by molar-refractivity contribution is -0.151. The van der Waals surface area contributed by atoms with E-state index in [0.717, 1.165) is 10.6 Å². The number of carbonyl (C=O) groups is 4. The molecule has 0 aromatic heterocycles. The van der Waals surface area contributed by atoms with E-state index in [0.29, 0.717) is 16.1 Å². The van der Waals surface area contributed by atoms with Gasteiger partial charge in [0.2, 0.25) is 11.7 Å². The van der Waals surface area contributed by atoms with E-state index in [1.165, 1.54) is 0 Å². The lowest BCUT2D eigenvalue weighted by Gasteiger charge is -2.21. The van der Waals surface area contributed by atoms with Gasteiger partial charge in [-0.2, -0.15) is 0 Å². The summed E-state index contributed by atoms with van der Waals surface area (Å²) in [5.41, 5.74) is 4.32. The molecule has 9 heteroatoms. The number of amides is 2. The molecule has 186 valence electrons. The summed E-state index contributed by atoms with van der Waals surface area (Å²) in [4.78, 5) is 50.6. The second-order valence-electron chi connectivity index (χ2n) is 9.45. The number of benzene rings is 2. The fourth-order valence-corrected chi connectivity index (χ4v) is 3.99. The normalized spacial score (nSPS) is 16.7. The van der Waals surface area contributed by atoms with E-state index in [9.17, 15) is 19.2 Å². The molecule has 1 fully saturated rings. The standard InChI is InChI=1S/C26H28Cl2N2O5/c1-26(2,3)19-8-4-17(5-9-19)24(33)29-30-15-18(14-22(30)31)25(34)35-21(12-13-27)23(32)16-6-10-20(28)11-7-16/h4-11,18,21H,12-15H2,1-3H3,(H,29,33)/t18-,21-/m0/s1. The Morgan fingerprint density at radius 1 is 1.06 bits per heavy atom. The van der Waals surface area contributed by atoms with E-state index in [1.807, 2.05) is 12.1 Å². The average molecular weight is 519 g/mol. The summed E-state index contributed by atoms with van der Waals surface area (Å²) in [6.07, 6.45) is -1.09. The minimum absolute atomic E-state index is 0.0494. The van der Waals surface area contributed by atoms with E-state index >= 15 is 0 Å². The Hall–Kier alpha value is -2.90. The number of hydrogen-bond acceptors (Lipinski definition) is 5. The van der Waals surface area contributed by atoms with Crippen LogP contribution in [0.5, 0.6) is 0 Å². The van der Waals surface area contributed by atoms with Gasteiger partial charge in [0.15, 0.2) is 6.10 Å². The molecular formula is C26H28Cl2N2O5. The number of hydrazine groups is 1. The fraction of sp³-hybridized carbons (Fsp3) is 0.385. The molecule has 1 heterocycles. The third-order valence-corrected chi connectivity index (χ3v) is 6.23. The Morgan fingerprint density at radius 2 is 1.66 bits per heavy atom. The smallest absolute Gasteiger partial charge is 0.312 e. The van der Waals surface area contributed by atoms with Crippen molar-refractivity contribution in [1.29, 1.82) is 0 Å². The first-order chi connectivity index (χ1) is 16.5. The third-order valence-electron chi connectivity index (χ3n) is 5.76. The third kappa shape index (κ3) is 6.83. The van der Waals surface area contributed by atoms with Gasteiger partial charge in [-0.15, -0.1) is 11.6 Å². The van der Waals surface area contributed by atoms with Crippen LogP contribution in [-0.4, -0.2) is 47.1 Å². The van der Waals surface area contributed by atoms with Crippen LogP contribution in [0.1, 0.15) is 59.9 Å². The maximum Gasteiger partial charge on any atom is 0.312 e. The molecule has 2 aromatic rings. The van der Waals surface area contributed by atoms with Crippen LogP contribution in [0, 0.1) is 5.92 Å². The van der Waals surface area contributed by atoms with Gasteiger partial charge in [-0.05, 0) is 47.4 Å². The van der Waals surface area contributed by atoms with E-state index in [-0.39, 0.29) is 30.7 Å². The highest BCUT2D eigenvalue weighted by molar-refractivity contribution is 6.30. The Morgan fingerprint density at radius 3 is 2.23 bits per heavy atom. The van der Waals surface area contributed by atoms with Crippen molar-refractivity contribution in [2.24, 2.45) is 5.92 Å². The lowest BCUT2D eigenvalue weighted by atomic mass is 9.87. The Balaban J connectivity index is 1.61. The summed E-state index contributed by atoms with van der Waals surface area (Å²) in [5.74, 6) is -2.67. The SMILES string of the molecule is CC(C)(C)c1ccc(C(=O)NN2C[C@@H](C(=O)O[C@@H](CCCl)C(=O)c3ccc(Cl)cc3)CC2=O)cc1. The monoisotopic (exact) mass is 518 g/mol. The zero-order valence-corrected chi connectivity index (χ0v) is 21.4. The number of ketones is 1. The van der Waals surface area contributed by atoms with E-state index in [1.54, 1.807) is 36.4 Å². The summed E-state index contributed by atoms with van der Waals surface area (Å²) in [5, 5.41) is 1.59. The first kappa shape index (κ1) is 26.7. The van der Waals surface area contributed by atoms with E-state index < -0.39 is 35.6 Å². The minimum atomic E-state index is -1.08. The van der Waals surface area contributed by atoms with Crippen molar-refractivity contribution >= 4 is 46.8 Å². The van der Waals surface area contributed by atoms with Crippen LogP contribution in [0.2, 0.25) is 5.02 Å². The van der Waals surface area contributed by atoms with Gasteiger partial charge in [-0.1, -0.05) is 44.5 Å². The van der Waals surface area contributed by atoms with Gasteiger partial charge in [-0.3, -0.25) is 29.6 Å². The maximum absolute atomic E-state index is 12.8. The van der Waals surface area contributed by atoms with Crippen molar-refractivity contribution in [3.05, 3.63) is 70.2 Å². The van der Waals surface area contributed by atoms with Crippen LogP contribution in [0.15, 0.2) is 48.5 Å². The summed E-state index contributed by atoms with van der Waals surface area (Å²) in [7, 11) is 0. The van der Waals surface area contributed by atoms with Gasteiger partial charge in [0, 0.05) is 34.9 Å². The lowest BCUT2D eigenvalue weighted by Crippen LogP contribution is -2.43. The van der Waals surface area contributed by atoms with Crippen LogP contribution in [-0.2, 0) is 19.7 Å². The van der Waals surface area contributed by atoms with Gasteiger partial charge in [0.25, 0.3) is 5.91 Å². The molecule has 0 spiro atoms. The number of Topliss-reactive ketones (excluding diaryl/α,β-unsaturated/α-hetero) is 1. The van der Waals surface area contributed by atoms with E-state index in [4.69, 9.17) is 27.9 Å². The molecule has 1 aliphatic heterocycles. The molecule has 0 aliphatic carbocycles. The predicted octanol–water partition coefficient (Wildman–Crippen LogP) is 4.55. The predicted molar refractivity (Wildman–Crippen MR) is 133 cm³/mol. The first-order valence-electron chi connectivity index (χ1n) is 11.3. The minimum Gasteiger partial charge on any atom is -0.454 e. The van der Waals surface area contributed by atoms with Crippen molar-refractivity contribution in [3.63, 3.8) is 0 Å². The van der Waals surface area contributed by atoms with Gasteiger partial charge >= 0.3 is 5.97 Å². The molecule has 2 atom stereocenters. The molecule has 1 saturated heterocycles. The average Bonchev–Trinajstić information content (AvgIpc) is 3.18. The first-order valence-corrected chi connectivity index (χ1v) is 12.2. The Kier molecular flexibility index (Phi) is 8.56. The second-order valence-corrected chi connectivity index (χ2v) is 10.3. The molecule has 0 bridgehead atoms. The van der Waals surface area contributed by atoms with Gasteiger partial charge in [0.05, 0.1) is 12.5 Å². The number of halogens is 2. The topological polar surface area (TPSA) is 92.8 Å². The number of nitrogens with one attached hydrogen (secondary N) is 1. The molecule has 2 aromatic carbocycles. The van der Waals surface area contributed by atoms with Gasteiger partial charge < -0.3 is 4.74 Å². The highest BCUT2D eigenvalue weighted by Gasteiger charge is 2.38. The van der Waals surface area contributed by atoms with Crippen LogP contribution in [0.4, 0.5) is 0 Å². The molecule has 0 radical (unpaired) electrons. The van der Waals surface area contributed by atoms with Crippen molar-refractivity contribution in [2.75, 3.05) is 12.4 Å². The van der Waals surface area contributed by atoms with Crippen LogP contribution < -0.4 is 5.43 Å². The zero-order chi connectivity index (χ0) is 25.8. The van der Waals surface area contributed by atoms with E-state index in [2.05, 4.69) is 26.2 Å². The van der Waals surface area contributed by atoms with Gasteiger partial charge in [0.1, 0.15) is 0 Å². The summed E-state index contributed by atoms with van der Waals surface area (Å²) >= 11 is 11.7. The molecular weight excluding hydrogens is 491 g/mol. The largest absolute Gasteiger partial charge is 0.454 e. The van der Waals surface area contributed by atoms with Crippen LogP contribution in [0.25, 0.3) is 0 Å². The molecule has 7 nitrogen and oxygen atoms in total. The number of nitrogens with zero attached hydrogens (tertiary/aromatic N) is 1. The number of ether oxygens (including phenoxy) is 1. The fourth-order valence-electron chi connectivity index (χ4n) is 3.66. The number of carbonyl (C=O) groups excluding carboxylic acids is 4. The Labute approximate surface area is 214 Å². The maximum atomic E-state index is 12.8. The van der Waals surface area contributed by atoms with Crippen molar-refractivity contribution in [2.45, 2.75) is 45.1 Å². The number of esters is 1. The van der Waals surface area contributed by atoms with Crippen molar-refractivity contribution in [1.82, 2.24) is 10.4 Å². The molecule has 1 N–H and O–H groups in total. The summed E-state index contributed by atoms with van der Waals surface area (Å²) < 4.78 is 5.46. The summed E-state index contributed by atoms with van der Waals surface area (Å²) in [6.45, 7) is 6.17. The molecule has 35 heavy (non-hydrogen) atoms. The number of hydrogen-bond donors (Lipinski definition) is 1. The molecule has 2 amide bonds. The molecule has 0 saturated carbocycles. The summed E-state index contributed by atoms with van der Waals surface area (Å²) in [6, 6.07) is 13.4. The second kappa shape index (κ2) is 11.2.